The number of hydrogen-bond donors (Lipinski definition) is 1. The first-order valence-electron chi connectivity index (χ1n) is 3.96. The zero-order chi connectivity index (χ0) is 13.2. The standard InChI is InChI=1S/C7H7F7O2/c8-5(9,3-1-2-4(15)16)6(10,11)7(12,13)14/h1-3H2,(H,15,16). The monoisotopic (exact) mass is 256 g/mol. The fraction of sp³-hybridized carbons (Fsp3) is 0.857. The van der Waals surface area contributed by atoms with Crippen molar-refractivity contribution in [1.82, 2.24) is 0 Å². The normalized spacial score (nSPS) is 13.9. The summed E-state index contributed by atoms with van der Waals surface area (Å²) in [6.45, 7) is 0. The minimum absolute atomic E-state index is 0.899. The number of halogens is 7. The van der Waals surface area contributed by atoms with Gasteiger partial charge in [0.2, 0.25) is 0 Å². The average Bonchev–Trinajstić information content (AvgIpc) is 2.00. The van der Waals surface area contributed by atoms with E-state index in [1.54, 1.807) is 0 Å². The number of hydrogen-bond acceptors (Lipinski definition) is 1. The molecule has 0 saturated carbocycles. The molecule has 0 radical (unpaired) electrons. The fourth-order valence-electron chi connectivity index (χ4n) is 0.826. The average molecular weight is 256 g/mol. The third kappa shape index (κ3) is 3.24. The molecule has 2 nitrogen and oxygen atoms in total. The molecule has 0 atom stereocenters. The van der Waals surface area contributed by atoms with Crippen LogP contribution in [-0.2, 0) is 4.79 Å². The Morgan fingerprint density at radius 1 is 1.00 bits per heavy atom. The van der Waals surface area contributed by atoms with Crippen molar-refractivity contribution in [2.45, 2.75) is 37.3 Å². The summed E-state index contributed by atoms with van der Waals surface area (Å²) in [5.41, 5.74) is 0. The molecule has 0 aliphatic heterocycles. The van der Waals surface area contributed by atoms with Crippen LogP contribution in [0.3, 0.4) is 0 Å². The van der Waals surface area contributed by atoms with Gasteiger partial charge in [-0.25, -0.2) is 0 Å². The number of alkyl halides is 7. The molecule has 0 aliphatic carbocycles. The summed E-state index contributed by atoms with van der Waals surface area (Å²) in [6.07, 6.45) is -10.1. The molecule has 0 aliphatic rings. The molecule has 0 saturated heterocycles. The summed E-state index contributed by atoms with van der Waals surface area (Å²) in [6, 6.07) is 0. The molecule has 96 valence electrons. The van der Waals surface area contributed by atoms with Gasteiger partial charge in [0.05, 0.1) is 0 Å². The second-order valence-electron chi connectivity index (χ2n) is 3.02. The molecule has 0 rings (SSSR count). The third-order valence-corrected chi connectivity index (χ3v) is 1.70. The van der Waals surface area contributed by atoms with Crippen LogP contribution in [0.1, 0.15) is 19.3 Å². The Hall–Kier alpha value is -1.02. The third-order valence-electron chi connectivity index (χ3n) is 1.70. The largest absolute Gasteiger partial charge is 0.481 e. The molecule has 0 unspecified atom stereocenters. The lowest BCUT2D eigenvalue weighted by Gasteiger charge is -2.27. The van der Waals surface area contributed by atoms with E-state index in [4.69, 9.17) is 5.11 Å². The molecule has 0 heterocycles. The summed E-state index contributed by atoms with van der Waals surface area (Å²) >= 11 is 0. The van der Waals surface area contributed by atoms with Crippen molar-refractivity contribution in [2.24, 2.45) is 0 Å². The van der Waals surface area contributed by atoms with E-state index in [2.05, 4.69) is 0 Å². The second-order valence-corrected chi connectivity index (χ2v) is 3.02. The van der Waals surface area contributed by atoms with Crippen LogP contribution >= 0.6 is 0 Å². The molecule has 0 aromatic carbocycles. The van der Waals surface area contributed by atoms with Crippen molar-refractivity contribution in [3.05, 3.63) is 0 Å². The van der Waals surface area contributed by atoms with Gasteiger partial charge in [-0.2, -0.15) is 30.7 Å². The summed E-state index contributed by atoms with van der Waals surface area (Å²) in [5.74, 6) is -13.0. The molecule has 9 heteroatoms. The molecule has 0 fully saturated rings. The fourth-order valence-corrected chi connectivity index (χ4v) is 0.826. The first kappa shape index (κ1) is 15.0. The Labute approximate surface area is 85.0 Å². The van der Waals surface area contributed by atoms with Gasteiger partial charge >= 0.3 is 24.0 Å². The van der Waals surface area contributed by atoms with E-state index in [0.29, 0.717) is 0 Å². The maximum Gasteiger partial charge on any atom is 0.459 e. The second kappa shape index (κ2) is 4.46. The van der Waals surface area contributed by atoms with E-state index in [-0.39, 0.29) is 0 Å². The van der Waals surface area contributed by atoms with Crippen molar-refractivity contribution in [3.63, 3.8) is 0 Å². The minimum Gasteiger partial charge on any atom is -0.481 e. The van der Waals surface area contributed by atoms with Gasteiger partial charge in [0.25, 0.3) is 0 Å². The number of carboxylic acids is 1. The summed E-state index contributed by atoms with van der Waals surface area (Å²) in [4.78, 5) is 9.88. The lowest BCUT2D eigenvalue weighted by Crippen LogP contribution is -2.51. The van der Waals surface area contributed by atoms with Crippen LogP contribution in [0.2, 0.25) is 0 Å². The Bertz CT molecular complexity index is 258. The maximum atomic E-state index is 12.5. The molecule has 1 N–H and O–H groups in total. The van der Waals surface area contributed by atoms with Gasteiger partial charge in [-0.05, 0) is 6.42 Å². The zero-order valence-corrected chi connectivity index (χ0v) is 7.62. The summed E-state index contributed by atoms with van der Waals surface area (Å²) in [7, 11) is 0. The highest BCUT2D eigenvalue weighted by molar-refractivity contribution is 5.66. The van der Waals surface area contributed by atoms with Crippen molar-refractivity contribution < 1.29 is 40.6 Å². The van der Waals surface area contributed by atoms with Crippen LogP contribution in [0.5, 0.6) is 0 Å². The van der Waals surface area contributed by atoms with E-state index >= 15 is 0 Å². The summed E-state index contributed by atoms with van der Waals surface area (Å²) < 4.78 is 84.1. The van der Waals surface area contributed by atoms with Crippen molar-refractivity contribution >= 4 is 5.97 Å². The highest BCUT2D eigenvalue weighted by atomic mass is 19.4. The highest BCUT2D eigenvalue weighted by Crippen LogP contribution is 2.48. The number of carboxylic acid groups (broad SMARTS) is 1. The predicted molar refractivity (Wildman–Crippen MR) is 37.4 cm³/mol. The first-order valence-corrected chi connectivity index (χ1v) is 3.96. The molecule has 0 spiro atoms. The van der Waals surface area contributed by atoms with Crippen LogP contribution in [0.15, 0.2) is 0 Å². The first-order chi connectivity index (χ1) is 6.92. The van der Waals surface area contributed by atoms with E-state index < -0.39 is 43.3 Å². The Morgan fingerprint density at radius 2 is 1.44 bits per heavy atom. The van der Waals surface area contributed by atoms with Gasteiger partial charge < -0.3 is 5.11 Å². The predicted octanol–water partition coefficient (Wildman–Crippen LogP) is 3.07. The van der Waals surface area contributed by atoms with E-state index in [1.807, 2.05) is 0 Å². The van der Waals surface area contributed by atoms with Gasteiger partial charge in [0.1, 0.15) is 0 Å². The number of aliphatic carboxylic acids is 1. The molecule has 0 aromatic rings. The molecule has 0 aromatic heterocycles. The van der Waals surface area contributed by atoms with Gasteiger partial charge in [-0.3, -0.25) is 4.79 Å². The van der Waals surface area contributed by atoms with Crippen molar-refractivity contribution in [3.8, 4) is 0 Å². The quantitative estimate of drug-likeness (QED) is 0.767. The number of carbonyl (C=O) groups is 1. The van der Waals surface area contributed by atoms with Crippen molar-refractivity contribution in [1.29, 1.82) is 0 Å². The van der Waals surface area contributed by atoms with Gasteiger partial charge in [-0.1, -0.05) is 0 Å². The van der Waals surface area contributed by atoms with Crippen LogP contribution in [0.4, 0.5) is 30.7 Å². The van der Waals surface area contributed by atoms with Crippen LogP contribution in [-0.4, -0.2) is 29.1 Å². The zero-order valence-electron chi connectivity index (χ0n) is 7.62. The summed E-state index contributed by atoms with van der Waals surface area (Å²) in [5, 5.41) is 8.02. The van der Waals surface area contributed by atoms with E-state index in [1.165, 1.54) is 0 Å². The molecular formula is C7H7F7O2. The molecule has 0 amide bonds. The lowest BCUT2D eigenvalue weighted by molar-refractivity contribution is -0.355. The molecule has 0 bridgehead atoms. The van der Waals surface area contributed by atoms with Crippen molar-refractivity contribution in [2.75, 3.05) is 0 Å². The van der Waals surface area contributed by atoms with E-state index in [0.717, 1.165) is 0 Å². The Morgan fingerprint density at radius 3 is 1.75 bits per heavy atom. The van der Waals surface area contributed by atoms with Gasteiger partial charge in [0.15, 0.2) is 0 Å². The smallest absolute Gasteiger partial charge is 0.459 e. The molecule has 16 heavy (non-hydrogen) atoms. The highest BCUT2D eigenvalue weighted by Gasteiger charge is 2.72. The minimum atomic E-state index is -6.36. The van der Waals surface area contributed by atoms with Gasteiger partial charge in [-0.15, -0.1) is 0 Å². The lowest BCUT2D eigenvalue weighted by atomic mass is 10.0. The maximum absolute atomic E-state index is 12.5. The van der Waals surface area contributed by atoms with Gasteiger partial charge in [0, 0.05) is 12.8 Å². The molecular weight excluding hydrogens is 249 g/mol. The van der Waals surface area contributed by atoms with Crippen LogP contribution in [0, 0.1) is 0 Å². The topological polar surface area (TPSA) is 37.3 Å². The Balaban J connectivity index is 4.59. The number of rotatable bonds is 5. The Kier molecular flexibility index (Phi) is 4.18. The van der Waals surface area contributed by atoms with E-state index in [9.17, 15) is 35.5 Å². The SMILES string of the molecule is O=C(O)CCCC(F)(F)C(F)(F)C(F)(F)F. The van der Waals surface area contributed by atoms with Crippen LogP contribution in [0.25, 0.3) is 0 Å². The van der Waals surface area contributed by atoms with Crippen LogP contribution < -0.4 is 0 Å².